The van der Waals surface area contributed by atoms with Crippen LogP contribution in [0.1, 0.15) is 22.6 Å². The molecular weight excluding hydrogens is 366 g/mol. The molecule has 0 saturated carbocycles. The highest BCUT2D eigenvalue weighted by Gasteiger charge is 2.26. The molecule has 1 aliphatic heterocycles. The van der Waals surface area contributed by atoms with Crippen LogP contribution in [0.15, 0.2) is 59.8 Å². The summed E-state index contributed by atoms with van der Waals surface area (Å²) in [6.07, 6.45) is 2.90. The normalized spacial score (nSPS) is 13.3. The summed E-state index contributed by atoms with van der Waals surface area (Å²) in [7, 11) is -3.96. The van der Waals surface area contributed by atoms with Crippen molar-refractivity contribution in [3.05, 3.63) is 66.1 Å². The largest absolute Gasteiger partial charge is 0.478 e. The van der Waals surface area contributed by atoms with E-state index < -0.39 is 16.0 Å². The van der Waals surface area contributed by atoms with Gasteiger partial charge >= 0.3 is 5.97 Å². The summed E-state index contributed by atoms with van der Waals surface area (Å²) in [5.41, 5.74) is 1.49. The Morgan fingerprint density at radius 2 is 1.89 bits per heavy atom. The minimum atomic E-state index is -3.96. The zero-order valence-electron chi connectivity index (χ0n) is 14.3. The molecule has 1 aromatic heterocycles. The van der Waals surface area contributed by atoms with Gasteiger partial charge in [-0.25, -0.2) is 9.78 Å². The van der Waals surface area contributed by atoms with Gasteiger partial charge in [0.25, 0.3) is 10.0 Å². The van der Waals surface area contributed by atoms with Gasteiger partial charge in [0.1, 0.15) is 5.82 Å². The van der Waals surface area contributed by atoms with Gasteiger partial charge in [0.2, 0.25) is 0 Å². The van der Waals surface area contributed by atoms with E-state index in [1.54, 1.807) is 10.6 Å². The number of imidazole rings is 1. The fraction of sp³-hybridized carbons (Fsp3) is 0.158. The van der Waals surface area contributed by atoms with Gasteiger partial charge in [-0.15, -0.1) is 0 Å². The molecule has 4 rings (SSSR count). The Kier molecular flexibility index (Phi) is 4.19. The maximum atomic E-state index is 12.9. The highest BCUT2D eigenvalue weighted by atomic mass is 32.2. The topological polar surface area (TPSA) is 101 Å². The van der Waals surface area contributed by atoms with E-state index in [1.165, 1.54) is 18.3 Å². The van der Waals surface area contributed by atoms with Crippen LogP contribution in [0, 0.1) is 0 Å². The van der Waals surface area contributed by atoms with Crippen LogP contribution in [0.3, 0.4) is 0 Å². The Morgan fingerprint density at radius 3 is 2.63 bits per heavy atom. The first-order valence-electron chi connectivity index (χ1n) is 8.46. The Hall–Kier alpha value is -3.13. The maximum Gasteiger partial charge on any atom is 0.337 e. The van der Waals surface area contributed by atoms with Gasteiger partial charge in [-0.1, -0.05) is 36.4 Å². The van der Waals surface area contributed by atoms with Crippen LogP contribution in [-0.4, -0.2) is 29.0 Å². The number of carboxylic acids is 1. The summed E-state index contributed by atoms with van der Waals surface area (Å²) < 4.78 is 29.9. The lowest BCUT2D eigenvalue weighted by atomic mass is 10.0. The molecule has 138 valence electrons. The van der Waals surface area contributed by atoms with Gasteiger partial charge in [0, 0.05) is 13.0 Å². The number of rotatable bonds is 5. The van der Waals surface area contributed by atoms with Crippen molar-refractivity contribution in [1.29, 1.82) is 0 Å². The lowest BCUT2D eigenvalue weighted by Crippen LogP contribution is -2.18. The summed E-state index contributed by atoms with van der Waals surface area (Å²) in [6, 6.07) is 13.9. The number of nitrogens with zero attached hydrogens (tertiary/aromatic N) is 2. The third-order valence-electron chi connectivity index (χ3n) is 4.56. The quantitative estimate of drug-likeness (QED) is 0.705. The van der Waals surface area contributed by atoms with Crippen LogP contribution in [-0.2, 0) is 23.0 Å². The Labute approximate surface area is 156 Å². The van der Waals surface area contributed by atoms with E-state index in [0.29, 0.717) is 6.54 Å². The van der Waals surface area contributed by atoms with Crippen molar-refractivity contribution in [1.82, 2.24) is 9.55 Å². The van der Waals surface area contributed by atoms with Crippen molar-refractivity contribution in [2.45, 2.75) is 24.4 Å². The number of aromatic carboxylic acids is 1. The Morgan fingerprint density at radius 1 is 1.11 bits per heavy atom. The standard InChI is InChI=1S/C19H17N3O4S/c23-19(24)15-9-8-14(13-5-2-1-3-6-13)11-16(15)21-27(25,26)18-12-20-17-7-4-10-22(17)18/h1-3,5-6,8-9,11-12,21H,4,7,10H2,(H,23,24). The first-order chi connectivity index (χ1) is 13.0. The molecule has 0 amide bonds. The molecule has 0 atom stereocenters. The van der Waals surface area contributed by atoms with Gasteiger partial charge in [-0.05, 0) is 29.7 Å². The summed E-state index contributed by atoms with van der Waals surface area (Å²) in [5.74, 6) is -0.474. The molecule has 0 radical (unpaired) electrons. The fourth-order valence-electron chi connectivity index (χ4n) is 3.27. The zero-order chi connectivity index (χ0) is 19.0. The van der Waals surface area contributed by atoms with Gasteiger partial charge < -0.3 is 9.67 Å². The SMILES string of the molecule is O=C(O)c1ccc(-c2ccccc2)cc1NS(=O)(=O)c1cnc2n1CCC2. The van der Waals surface area contributed by atoms with Crippen LogP contribution in [0.4, 0.5) is 5.69 Å². The van der Waals surface area contributed by atoms with E-state index in [9.17, 15) is 18.3 Å². The number of benzene rings is 2. The number of carboxylic acid groups (broad SMARTS) is 1. The molecule has 0 bridgehead atoms. The molecule has 0 unspecified atom stereocenters. The molecule has 7 nitrogen and oxygen atoms in total. The summed E-state index contributed by atoms with van der Waals surface area (Å²) in [6.45, 7) is 0.585. The number of hydrogen-bond donors (Lipinski definition) is 2. The van der Waals surface area contributed by atoms with Gasteiger partial charge in [-0.3, -0.25) is 4.72 Å². The number of anilines is 1. The molecule has 0 fully saturated rings. The molecule has 8 heteroatoms. The van der Waals surface area contributed by atoms with E-state index in [1.807, 2.05) is 30.3 Å². The second-order valence-electron chi connectivity index (χ2n) is 6.30. The molecule has 3 aromatic rings. The first-order valence-corrected chi connectivity index (χ1v) is 9.94. The summed E-state index contributed by atoms with van der Waals surface area (Å²) >= 11 is 0. The number of aryl methyl sites for hydroxylation is 1. The van der Waals surface area contributed by atoms with Crippen molar-refractivity contribution in [3.8, 4) is 11.1 Å². The minimum Gasteiger partial charge on any atom is -0.478 e. The molecule has 0 aliphatic carbocycles. The Balaban J connectivity index is 1.76. The monoisotopic (exact) mass is 383 g/mol. The van der Waals surface area contributed by atoms with Crippen molar-refractivity contribution >= 4 is 21.7 Å². The molecular formula is C19H17N3O4S. The van der Waals surface area contributed by atoms with Gasteiger partial charge in [0.05, 0.1) is 17.4 Å². The highest BCUT2D eigenvalue weighted by molar-refractivity contribution is 7.92. The average Bonchev–Trinajstić information content (AvgIpc) is 3.25. The number of nitrogens with one attached hydrogen (secondary N) is 1. The molecule has 0 spiro atoms. The third kappa shape index (κ3) is 3.19. The molecule has 2 aromatic carbocycles. The summed E-state index contributed by atoms with van der Waals surface area (Å²) in [4.78, 5) is 15.7. The predicted octanol–water partition coefficient (Wildman–Crippen LogP) is 3.00. The van der Waals surface area contributed by atoms with E-state index in [2.05, 4.69) is 9.71 Å². The van der Waals surface area contributed by atoms with Gasteiger partial charge in [-0.2, -0.15) is 8.42 Å². The summed E-state index contributed by atoms with van der Waals surface area (Å²) in [5, 5.41) is 9.51. The van der Waals surface area contributed by atoms with E-state index >= 15 is 0 Å². The van der Waals surface area contributed by atoms with Crippen LogP contribution in [0.5, 0.6) is 0 Å². The lowest BCUT2D eigenvalue weighted by Gasteiger charge is -2.13. The van der Waals surface area contributed by atoms with E-state index in [0.717, 1.165) is 29.8 Å². The molecule has 2 heterocycles. The predicted molar refractivity (Wildman–Crippen MR) is 100 cm³/mol. The second-order valence-corrected chi connectivity index (χ2v) is 7.93. The Bertz CT molecular complexity index is 1120. The van der Waals surface area contributed by atoms with Crippen LogP contribution >= 0.6 is 0 Å². The van der Waals surface area contributed by atoms with Crippen LogP contribution in [0.25, 0.3) is 11.1 Å². The number of fused-ring (bicyclic) bond motifs is 1. The molecule has 2 N–H and O–H groups in total. The van der Waals surface area contributed by atoms with E-state index in [4.69, 9.17) is 0 Å². The first kappa shape index (κ1) is 17.3. The maximum absolute atomic E-state index is 12.9. The smallest absolute Gasteiger partial charge is 0.337 e. The zero-order valence-corrected chi connectivity index (χ0v) is 15.1. The minimum absolute atomic E-state index is 0.0254. The van der Waals surface area contributed by atoms with Crippen LogP contribution < -0.4 is 4.72 Å². The molecule has 27 heavy (non-hydrogen) atoms. The molecule has 0 saturated heterocycles. The molecule has 1 aliphatic rings. The second kappa shape index (κ2) is 6.55. The number of hydrogen-bond acceptors (Lipinski definition) is 4. The number of carbonyl (C=O) groups is 1. The van der Waals surface area contributed by atoms with Crippen molar-refractivity contribution in [3.63, 3.8) is 0 Å². The van der Waals surface area contributed by atoms with E-state index in [-0.39, 0.29) is 16.3 Å². The fourth-order valence-corrected chi connectivity index (χ4v) is 4.51. The average molecular weight is 383 g/mol. The van der Waals surface area contributed by atoms with Crippen molar-refractivity contribution in [2.75, 3.05) is 4.72 Å². The number of sulfonamides is 1. The van der Waals surface area contributed by atoms with Crippen LogP contribution in [0.2, 0.25) is 0 Å². The van der Waals surface area contributed by atoms with Crippen molar-refractivity contribution in [2.24, 2.45) is 0 Å². The van der Waals surface area contributed by atoms with Gasteiger partial charge in [0.15, 0.2) is 5.03 Å². The third-order valence-corrected chi connectivity index (χ3v) is 5.93. The highest BCUT2D eigenvalue weighted by Crippen LogP contribution is 2.28. The number of aromatic nitrogens is 2. The lowest BCUT2D eigenvalue weighted by molar-refractivity contribution is 0.0698. The van der Waals surface area contributed by atoms with Crippen molar-refractivity contribution < 1.29 is 18.3 Å².